The van der Waals surface area contributed by atoms with Crippen molar-refractivity contribution in [2.75, 3.05) is 19.8 Å². The lowest BCUT2D eigenvalue weighted by atomic mass is 9.49. The molecule has 0 amide bonds. The standard InChI is InChI=1S/C16H24O2.C12H14O4.C11H18O2.C7H9F3O2.C6H10O3.C6H10O2/c1-4-16(18-15(17)10(2)3)13-6-11-5-12(8-13)9-14(16)7-11;1-5(2)11(13)15-9-6-3-7-8(4-6)12(14)16-10(7)9;1-4-11(7-5-6-8-11)13-10(12)9(2)3;1-4(2)6(11)12-5(3)7(8,9)10;1-5(2)6(8)9-4-3-7;1-4-8-6(7)5(2)3/h11-14H,2,4-9H2,1,3H3;6-10H,1,3-4H2,2H3;2,4-8H2,1,3H3;5H,1H2,2-3H3;7H,1,3-4H2,2H3;2,4H2,1,3H3. The van der Waals surface area contributed by atoms with Gasteiger partial charge in [0, 0.05) is 45.3 Å². The van der Waals surface area contributed by atoms with E-state index in [4.69, 9.17) is 24.1 Å². The van der Waals surface area contributed by atoms with Crippen molar-refractivity contribution in [2.24, 2.45) is 41.4 Å². The zero-order valence-electron chi connectivity index (χ0n) is 46.6. The number of ether oxygens (including phenoxy) is 7. The smallest absolute Gasteiger partial charge is 0.425 e. The van der Waals surface area contributed by atoms with Gasteiger partial charge in [-0.1, -0.05) is 53.3 Å². The third kappa shape index (κ3) is 18.9. The summed E-state index contributed by atoms with van der Waals surface area (Å²) in [5.74, 6) is 1.01. The van der Waals surface area contributed by atoms with Gasteiger partial charge in [0.05, 0.1) is 19.1 Å². The Hall–Kier alpha value is -5.52. The van der Waals surface area contributed by atoms with Gasteiger partial charge in [0.25, 0.3) is 0 Å². The summed E-state index contributed by atoms with van der Waals surface area (Å²) in [5, 5.41) is 8.19. The molecule has 428 valence electrons. The fourth-order valence-electron chi connectivity index (χ4n) is 11.0. The average Bonchev–Trinajstić information content (AvgIpc) is 4.12. The van der Waals surface area contributed by atoms with Gasteiger partial charge in [-0.25, -0.2) is 28.8 Å². The van der Waals surface area contributed by atoms with Crippen LogP contribution in [-0.2, 0) is 66.7 Å². The minimum atomic E-state index is -4.51. The van der Waals surface area contributed by atoms with Crippen molar-refractivity contribution in [3.8, 4) is 0 Å². The molecule has 0 aromatic carbocycles. The minimum absolute atomic E-state index is 0.0473. The van der Waals surface area contributed by atoms with Crippen LogP contribution in [0.2, 0.25) is 0 Å². The minimum Gasteiger partial charge on any atom is -0.463 e. The van der Waals surface area contributed by atoms with Crippen LogP contribution in [0.1, 0.15) is 153 Å². The molecule has 1 saturated heterocycles. The number of aliphatic hydroxyl groups excluding tert-OH is 1. The van der Waals surface area contributed by atoms with Crippen molar-refractivity contribution in [1.82, 2.24) is 0 Å². The summed E-state index contributed by atoms with van der Waals surface area (Å²) >= 11 is 0. The molecule has 76 heavy (non-hydrogen) atoms. The highest BCUT2D eigenvalue weighted by Crippen LogP contribution is 2.61. The zero-order chi connectivity index (χ0) is 58.0. The van der Waals surface area contributed by atoms with Gasteiger partial charge in [0.2, 0.25) is 0 Å². The van der Waals surface area contributed by atoms with Crippen molar-refractivity contribution in [2.45, 2.75) is 188 Å². The van der Waals surface area contributed by atoms with E-state index >= 15 is 0 Å². The predicted octanol–water partition coefficient (Wildman–Crippen LogP) is 10.9. The highest BCUT2D eigenvalue weighted by atomic mass is 19.4. The van der Waals surface area contributed by atoms with Gasteiger partial charge in [-0.3, -0.25) is 4.79 Å². The quantitative estimate of drug-likeness (QED) is 0.0920. The molecule has 15 nitrogen and oxygen atoms in total. The number of alkyl halides is 3. The van der Waals surface area contributed by atoms with Gasteiger partial charge in [-0.15, -0.1) is 0 Å². The number of fused-ring (bicyclic) bond motifs is 1. The van der Waals surface area contributed by atoms with Gasteiger partial charge in [-0.05, 0) is 163 Å². The molecule has 1 aliphatic heterocycles. The number of halogens is 3. The summed E-state index contributed by atoms with van der Waals surface area (Å²) in [6, 6.07) is 0. The summed E-state index contributed by atoms with van der Waals surface area (Å²) in [7, 11) is 0. The summed E-state index contributed by atoms with van der Waals surface area (Å²) < 4.78 is 70.5. The third-order valence-electron chi connectivity index (χ3n) is 14.9. The maximum Gasteiger partial charge on any atom is 0.425 e. The van der Waals surface area contributed by atoms with Crippen LogP contribution in [0.15, 0.2) is 72.9 Å². The van der Waals surface area contributed by atoms with Gasteiger partial charge < -0.3 is 38.3 Å². The Morgan fingerprint density at radius 2 is 1.11 bits per heavy atom. The molecule has 8 aliphatic rings. The second kappa shape index (κ2) is 29.8. The normalized spacial score (nSPS) is 27.2. The molecule has 0 radical (unpaired) electrons. The van der Waals surface area contributed by atoms with Crippen molar-refractivity contribution in [3.05, 3.63) is 72.9 Å². The second-order valence-electron chi connectivity index (χ2n) is 21.3. The molecule has 0 aromatic rings. The Morgan fingerprint density at radius 1 is 0.645 bits per heavy atom. The molecule has 7 saturated carbocycles. The van der Waals surface area contributed by atoms with Gasteiger partial charge in [0.15, 0.2) is 6.10 Å². The zero-order valence-corrected chi connectivity index (χ0v) is 46.6. The Kier molecular flexibility index (Phi) is 26.2. The molecule has 6 bridgehead atoms. The summed E-state index contributed by atoms with van der Waals surface area (Å²) in [6.07, 6.45) is 7.59. The van der Waals surface area contributed by atoms with Crippen LogP contribution in [-0.4, -0.2) is 102 Å². The van der Waals surface area contributed by atoms with Crippen LogP contribution in [0.4, 0.5) is 13.2 Å². The predicted molar refractivity (Wildman–Crippen MR) is 278 cm³/mol. The molecule has 18 heteroatoms. The number of carbonyl (C=O) groups is 7. The Labute approximate surface area is 448 Å². The largest absolute Gasteiger partial charge is 0.463 e. The van der Waals surface area contributed by atoms with Crippen LogP contribution in [0.3, 0.4) is 0 Å². The first-order chi connectivity index (χ1) is 35.3. The van der Waals surface area contributed by atoms with Crippen molar-refractivity contribution in [3.63, 3.8) is 0 Å². The van der Waals surface area contributed by atoms with Crippen molar-refractivity contribution in [1.29, 1.82) is 0 Å². The number of hydrogen-bond donors (Lipinski definition) is 1. The fourth-order valence-corrected chi connectivity index (χ4v) is 11.0. The number of hydrogen-bond acceptors (Lipinski definition) is 15. The molecule has 1 N–H and O–H groups in total. The van der Waals surface area contributed by atoms with Crippen molar-refractivity contribution >= 4 is 41.8 Å². The van der Waals surface area contributed by atoms with Crippen molar-refractivity contribution < 1.29 is 85.0 Å². The fraction of sp³-hybridized carbons (Fsp3) is 0.672. The van der Waals surface area contributed by atoms with Gasteiger partial charge >= 0.3 is 48.0 Å². The van der Waals surface area contributed by atoms with Crippen LogP contribution in [0.25, 0.3) is 0 Å². The highest BCUT2D eigenvalue weighted by Gasteiger charge is 2.63. The first kappa shape index (κ1) is 66.6. The summed E-state index contributed by atoms with van der Waals surface area (Å²) in [4.78, 5) is 77.7. The molecule has 7 aliphatic carbocycles. The van der Waals surface area contributed by atoms with E-state index in [2.05, 4.69) is 67.5 Å². The molecule has 0 spiro atoms. The first-order valence-electron chi connectivity index (χ1n) is 26.4. The summed E-state index contributed by atoms with van der Waals surface area (Å²) in [5.41, 5.74) is 1.85. The Bertz CT molecular complexity index is 2120. The van der Waals surface area contributed by atoms with E-state index in [1.54, 1.807) is 41.5 Å². The molecule has 6 atom stereocenters. The summed E-state index contributed by atoms with van der Waals surface area (Å²) in [6.45, 7) is 37.4. The lowest BCUT2D eigenvalue weighted by Gasteiger charge is -2.60. The Balaban J connectivity index is 0.000000320. The molecular formula is C58H85F3O15. The number of esters is 7. The van der Waals surface area contributed by atoms with Crippen LogP contribution >= 0.6 is 0 Å². The topological polar surface area (TPSA) is 204 Å². The van der Waals surface area contributed by atoms with E-state index in [1.807, 2.05) is 0 Å². The van der Waals surface area contributed by atoms with Crippen LogP contribution in [0.5, 0.6) is 0 Å². The molecule has 8 rings (SSSR count). The first-order valence-corrected chi connectivity index (χ1v) is 26.4. The maximum atomic E-state index is 12.0. The molecule has 1 heterocycles. The monoisotopic (exact) mass is 1080 g/mol. The van der Waals surface area contributed by atoms with Gasteiger partial charge in [0.1, 0.15) is 30.0 Å². The maximum absolute atomic E-state index is 12.0. The average molecular weight is 1080 g/mol. The van der Waals surface area contributed by atoms with Crippen LogP contribution in [0, 0.1) is 41.4 Å². The van der Waals surface area contributed by atoms with Gasteiger partial charge in [-0.2, -0.15) is 13.2 Å². The lowest BCUT2D eigenvalue weighted by Crippen LogP contribution is -2.59. The molecule has 6 unspecified atom stereocenters. The van der Waals surface area contributed by atoms with E-state index < -0.39 is 24.2 Å². The van der Waals surface area contributed by atoms with E-state index in [0.29, 0.717) is 52.2 Å². The number of aliphatic hydroxyl groups is 1. The van der Waals surface area contributed by atoms with Crippen LogP contribution < -0.4 is 0 Å². The lowest BCUT2D eigenvalue weighted by molar-refractivity contribution is -0.213. The second-order valence-corrected chi connectivity index (χ2v) is 21.3. The van der Waals surface area contributed by atoms with E-state index in [9.17, 15) is 46.7 Å². The van der Waals surface area contributed by atoms with E-state index in [-0.39, 0.29) is 83.9 Å². The third-order valence-corrected chi connectivity index (χ3v) is 14.9. The molecule has 8 fully saturated rings. The van der Waals surface area contributed by atoms with E-state index in [0.717, 1.165) is 57.3 Å². The highest BCUT2D eigenvalue weighted by molar-refractivity contribution is 5.89. The molecular weight excluding hydrogens is 994 g/mol. The van der Waals surface area contributed by atoms with E-state index in [1.165, 1.54) is 51.9 Å². The number of rotatable bonds is 15. The molecule has 0 aromatic heterocycles. The number of carbonyl (C=O) groups excluding carboxylic acids is 7. The SMILES string of the molecule is C=C(C)C(=O)OC(C)C(F)(F)F.C=C(C)C(=O)OC1(CC)C2CC3CC(C2)CC1C3.C=C(C)C(=O)OC1(CC)CCCC1.C=C(C)C(=O)OC1C2CC3C(=O)OC1C3C2.C=C(C)C(=O)OCC.C=C(C)C(=O)OCCO. The Morgan fingerprint density at radius 3 is 1.50 bits per heavy atom.